The van der Waals surface area contributed by atoms with E-state index in [9.17, 15) is 9.59 Å². The first kappa shape index (κ1) is 13.2. The first-order valence-electron chi connectivity index (χ1n) is 5.37. The van der Waals surface area contributed by atoms with Gasteiger partial charge in [-0.1, -0.05) is 19.6 Å². The predicted molar refractivity (Wildman–Crippen MR) is 67.7 cm³/mol. The summed E-state index contributed by atoms with van der Waals surface area (Å²) in [5, 5.41) is 2.61. The molecule has 1 N–H and O–H groups in total. The molecule has 1 saturated heterocycles. The lowest BCUT2D eigenvalue weighted by Crippen LogP contribution is -2.23. The molecule has 17 heavy (non-hydrogen) atoms. The van der Waals surface area contributed by atoms with Gasteiger partial charge in [-0.25, -0.2) is 0 Å². The maximum atomic E-state index is 11.6. The van der Waals surface area contributed by atoms with Crippen LogP contribution in [0.1, 0.15) is 25.8 Å². The van der Waals surface area contributed by atoms with Gasteiger partial charge in [0, 0.05) is 25.2 Å². The molecule has 2 amide bonds. The standard InChI is InChI=1S/C12H14N2O2.CH4/c15-9-13-8-10-3-1-4-11(7-10)14-6-2-5-12(14)16;/h1,3-4,7,9H,2,5-6,8H2,(H,13,15);1H4. The molecule has 0 unspecified atom stereocenters. The third-order valence-electron chi connectivity index (χ3n) is 2.69. The highest BCUT2D eigenvalue weighted by molar-refractivity contribution is 5.95. The van der Waals surface area contributed by atoms with Gasteiger partial charge >= 0.3 is 0 Å². The molecule has 1 aliphatic rings. The molecule has 1 fully saturated rings. The number of amides is 2. The summed E-state index contributed by atoms with van der Waals surface area (Å²) in [5.41, 5.74) is 1.93. The summed E-state index contributed by atoms with van der Waals surface area (Å²) < 4.78 is 0. The Balaban J connectivity index is 0.00000144. The average molecular weight is 234 g/mol. The minimum absolute atomic E-state index is 0. The Morgan fingerprint density at radius 3 is 2.88 bits per heavy atom. The van der Waals surface area contributed by atoms with E-state index in [0.717, 1.165) is 24.2 Å². The molecule has 1 aliphatic heterocycles. The van der Waals surface area contributed by atoms with Crippen molar-refractivity contribution in [1.82, 2.24) is 5.32 Å². The second kappa shape index (κ2) is 6.03. The van der Waals surface area contributed by atoms with Crippen molar-refractivity contribution in [3.8, 4) is 0 Å². The maximum absolute atomic E-state index is 11.6. The van der Waals surface area contributed by atoms with Crippen molar-refractivity contribution >= 4 is 18.0 Å². The third-order valence-corrected chi connectivity index (χ3v) is 2.69. The molecule has 0 spiro atoms. The number of rotatable bonds is 4. The quantitative estimate of drug-likeness (QED) is 0.806. The number of hydrogen-bond acceptors (Lipinski definition) is 2. The third kappa shape index (κ3) is 3.06. The second-order valence-electron chi connectivity index (χ2n) is 3.82. The summed E-state index contributed by atoms with van der Waals surface area (Å²) in [7, 11) is 0. The van der Waals surface area contributed by atoms with Crippen molar-refractivity contribution in [1.29, 1.82) is 0 Å². The minimum atomic E-state index is 0. The molecule has 0 bridgehead atoms. The van der Waals surface area contributed by atoms with Crippen LogP contribution in [0.15, 0.2) is 24.3 Å². The molecule has 0 saturated carbocycles. The van der Waals surface area contributed by atoms with Crippen LogP contribution in [0.4, 0.5) is 5.69 Å². The van der Waals surface area contributed by atoms with Crippen molar-refractivity contribution in [3.05, 3.63) is 29.8 Å². The van der Waals surface area contributed by atoms with Gasteiger partial charge in [-0.05, 0) is 24.1 Å². The van der Waals surface area contributed by atoms with E-state index in [0.29, 0.717) is 19.4 Å². The fourth-order valence-electron chi connectivity index (χ4n) is 1.91. The van der Waals surface area contributed by atoms with Gasteiger partial charge in [0.25, 0.3) is 0 Å². The van der Waals surface area contributed by atoms with Gasteiger partial charge in [0.1, 0.15) is 0 Å². The minimum Gasteiger partial charge on any atom is -0.355 e. The highest BCUT2D eigenvalue weighted by Crippen LogP contribution is 2.22. The van der Waals surface area contributed by atoms with Gasteiger partial charge in [-0.3, -0.25) is 9.59 Å². The van der Waals surface area contributed by atoms with E-state index in [4.69, 9.17) is 0 Å². The van der Waals surface area contributed by atoms with Crippen molar-refractivity contribution in [2.45, 2.75) is 26.8 Å². The van der Waals surface area contributed by atoms with Crippen LogP contribution in [0.25, 0.3) is 0 Å². The van der Waals surface area contributed by atoms with E-state index in [1.54, 1.807) is 4.90 Å². The molecule has 0 aromatic heterocycles. The van der Waals surface area contributed by atoms with Crippen LogP contribution in [0.5, 0.6) is 0 Å². The predicted octanol–water partition coefficient (Wildman–Crippen LogP) is 1.70. The molecule has 0 aliphatic carbocycles. The summed E-state index contributed by atoms with van der Waals surface area (Å²) >= 11 is 0. The van der Waals surface area contributed by atoms with E-state index in [1.165, 1.54) is 0 Å². The number of benzene rings is 1. The van der Waals surface area contributed by atoms with Crippen LogP contribution >= 0.6 is 0 Å². The largest absolute Gasteiger partial charge is 0.355 e. The Hall–Kier alpha value is -1.84. The van der Waals surface area contributed by atoms with Crippen LogP contribution in [0.2, 0.25) is 0 Å². The summed E-state index contributed by atoms with van der Waals surface area (Å²) in [6.45, 7) is 1.29. The van der Waals surface area contributed by atoms with Crippen molar-refractivity contribution in [2.24, 2.45) is 0 Å². The number of anilines is 1. The van der Waals surface area contributed by atoms with Crippen molar-refractivity contribution < 1.29 is 9.59 Å². The number of hydrogen-bond donors (Lipinski definition) is 1. The zero-order valence-corrected chi connectivity index (χ0v) is 8.98. The lowest BCUT2D eigenvalue weighted by atomic mass is 10.2. The van der Waals surface area contributed by atoms with Crippen molar-refractivity contribution in [3.63, 3.8) is 0 Å². The molecule has 1 heterocycles. The lowest BCUT2D eigenvalue weighted by Gasteiger charge is -2.16. The van der Waals surface area contributed by atoms with Gasteiger partial charge in [0.15, 0.2) is 0 Å². The Kier molecular flexibility index (Phi) is 4.69. The van der Waals surface area contributed by atoms with Gasteiger partial charge in [-0.15, -0.1) is 0 Å². The molecular formula is C13H18N2O2. The first-order valence-corrected chi connectivity index (χ1v) is 5.37. The van der Waals surface area contributed by atoms with E-state index < -0.39 is 0 Å². The van der Waals surface area contributed by atoms with Crippen LogP contribution in [-0.4, -0.2) is 18.9 Å². The monoisotopic (exact) mass is 234 g/mol. The van der Waals surface area contributed by atoms with E-state index >= 15 is 0 Å². The SMILES string of the molecule is C.O=CNCc1cccc(N2CCCC2=O)c1. The molecular weight excluding hydrogens is 216 g/mol. The number of nitrogens with one attached hydrogen (secondary N) is 1. The summed E-state index contributed by atoms with van der Waals surface area (Å²) in [5.74, 6) is 0.181. The Morgan fingerprint density at radius 2 is 2.24 bits per heavy atom. The van der Waals surface area contributed by atoms with Crippen LogP contribution in [-0.2, 0) is 16.1 Å². The Labute approximate surface area is 102 Å². The number of nitrogens with zero attached hydrogens (tertiary/aromatic N) is 1. The number of carbonyl (C=O) groups is 2. The average Bonchev–Trinajstić information content (AvgIpc) is 2.73. The Bertz CT molecular complexity index is 404. The number of carbonyl (C=O) groups excluding carboxylic acids is 2. The molecule has 0 radical (unpaired) electrons. The molecule has 0 atom stereocenters. The molecule has 4 nitrogen and oxygen atoms in total. The zero-order chi connectivity index (χ0) is 11.4. The Morgan fingerprint density at radius 1 is 1.41 bits per heavy atom. The van der Waals surface area contributed by atoms with Crippen LogP contribution in [0, 0.1) is 0 Å². The molecule has 92 valence electrons. The fourth-order valence-corrected chi connectivity index (χ4v) is 1.91. The van der Waals surface area contributed by atoms with Gasteiger partial charge in [0.05, 0.1) is 0 Å². The summed E-state index contributed by atoms with van der Waals surface area (Å²) in [6.07, 6.45) is 2.24. The highest BCUT2D eigenvalue weighted by atomic mass is 16.2. The maximum Gasteiger partial charge on any atom is 0.227 e. The van der Waals surface area contributed by atoms with Crippen molar-refractivity contribution in [2.75, 3.05) is 11.4 Å². The van der Waals surface area contributed by atoms with Gasteiger partial charge in [0.2, 0.25) is 12.3 Å². The van der Waals surface area contributed by atoms with Crippen LogP contribution in [0.3, 0.4) is 0 Å². The van der Waals surface area contributed by atoms with E-state index in [2.05, 4.69) is 5.32 Å². The molecule has 1 aromatic rings. The van der Waals surface area contributed by atoms with E-state index in [1.807, 2.05) is 24.3 Å². The molecule has 2 rings (SSSR count). The summed E-state index contributed by atoms with van der Waals surface area (Å²) in [4.78, 5) is 23.5. The lowest BCUT2D eigenvalue weighted by molar-refractivity contribution is -0.117. The van der Waals surface area contributed by atoms with Gasteiger partial charge in [-0.2, -0.15) is 0 Å². The topological polar surface area (TPSA) is 49.4 Å². The van der Waals surface area contributed by atoms with Crippen LogP contribution < -0.4 is 10.2 Å². The van der Waals surface area contributed by atoms with Gasteiger partial charge < -0.3 is 10.2 Å². The molecule has 1 aromatic carbocycles. The zero-order valence-electron chi connectivity index (χ0n) is 8.98. The highest BCUT2D eigenvalue weighted by Gasteiger charge is 2.21. The fraction of sp³-hybridized carbons (Fsp3) is 0.385. The second-order valence-corrected chi connectivity index (χ2v) is 3.82. The summed E-state index contributed by atoms with van der Waals surface area (Å²) in [6, 6.07) is 7.71. The molecule has 4 heteroatoms. The first-order chi connectivity index (χ1) is 7.81. The van der Waals surface area contributed by atoms with E-state index in [-0.39, 0.29) is 13.3 Å². The smallest absolute Gasteiger partial charge is 0.227 e. The normalized spacial score (nSPS) is 14.4.